The molecule has 230 valence electrons. The number of aliphatic imine (C=N–C) groups is 1. The maximum Gasteiger partial charge on any atom is 0.337 e. The Labute approximate surface area is 256 Å². The zero-order chi connectivity index (χ0) is 31.8. The van der Waals surface area contributed by atoms with E-state index in [-0.39, 0.29) is 11.8 Å². The minimum atomic E-state index is -0.833. The number of fused-ring (bicyclic) bond motifs is 1. The molecule has 1 fully saturated rings. The first-order chi connectivity index (χ1) is 21.1. The van der Waals surface area contributed by atoms with Crippen molar-refractivity contribution in [1.82, 2.24) is 14.8 Å². The molecule has 1 saturated heterocycles. The second-order valence-electron chi connectivity index (χ2n) is 10.5. The van der Waals surface area contributed by atoms with E-state index in [1.165, 1.54) is 7.11 Å². The van der Waals surface area contributed by atoms with Crippen LogP contribution >= 0.6 is 0 Å². The number of carboxylic acids is 1. The molecule has 1 aliphatic heterocycles. The van der Waals surface area contributed by atoms with Gasteiger partial charge in [-0.3, -0.25) is 14.5 Å². The van der Waals surface area contributed by atoms with Crippen LogP contribution in [-0.4, -0.2) is 102 Å². The lowest BCUT2D eigenvalue weighted by atomic mass is 10.00. The molecule has 0 bridgehead atoms. The van der Waals surface area contributed by atoms with Gasteiger partial charge in [0.1, 0.15) is 0 Å². The van der Waals surface area contributed by atoms with Crippen molar-refractivity contribution >= 4 is 45.8 Å². The van der Waals surface area contributed by atoms with Crippen molar-refractivity contribution in [2.24, 2.45) is 4.99 Å². The lowest BCUT2D eigenvalue weighted by Gasteiger charge is -2.32. The molecule has 0 radical (unpaired) electrons. The molecule has 0 unspecified atom stereocenters. The topological polar surface area (TPSA) is 139 Å². The molecule has 11 heteroatoms. The summed E-state index contributed by atoms with van der Waals surface area (Å²) in [6, 6.07) is 22.2. The number of aromatic hydroxyl groups is 1. The van der Waals surface area contributed by atoms with E-state index in [4.69, 9.17) is 19.6 Å². The van der Waals surface area contributed by atoms with Crippen molar-refractivity contribution < 1.29 is 29.3 Å². The molecular weight excluding hydrogens is 562 g/mol. The predicted molar refractivity (Wildman–Crippen MR) is 170 cm³/mol. The normalized spacial score (nSPS) is 14.0. The third kappa shape index (κ3) is 7.88. The monoisotopic (exact) mass is 599 g/mol. The second-order valence-corrected chi connectivity index (χ2v) is 10.5. The van der Waals surface area contributed by atoms with Crippen LogP contribution < -0.4 is 4.90 Å². The molecule has 3 N–H and O–H groups in total. The number of piperazine rings is 1. The summed E-state index contributed by atoms with van der Waals surface area (Å²) in [5, 5.41) is 19.1. The fraction of sp³-hybridized carbons (Fsp3) is 0.273. The number of aromatic amines is 1. The van der Waals surface area contributed by atoms with Crippen LogP contribution in [0.4, 0.5) is 11.4 Å². The Bertz CT molecular complexity index is 1640. The molecular formula is C33H37N5O6. The number of anilines is 1. The van der Waals surface area contributed by atoms with E-state index in [0.29, 0.717) is 34.6 Å². The highest BCUT2D eigenvalue weighted by atomic mass is 16.5. The summed E-state index contributed by atoms with van der Waals surface area (Å²) in [7, 11) is 5.22. The number of carboxylic acid groups (broad SMARTS) is 1. The van der Waals surface area contributed by atoms with Gasteiger partial charge >= 0.3 is 5.97 Å². The number of rotatable bonds is 7. The molecule has 5 rings (SSSR count). The Morgan fingerprint density at radius 1 is 0.955 bits per heavy atom. The average Bonchev–Trinajstić information content (AvgIpc) is 3.35. The van der Waals surface area contributed by atoms with E-state index in [9.17, 15) is 14.7 Å². The number of nitrogens with zero attached hydrogens (tertiary/aromatic N) is 4. The van der Waals surface area contributed by atoms with Crippen LogP contribution in [0.1, 0.15) is 28.4 Å². The number of nitrogens with one attached hydrogen (secondary N) is 1. The number of H-pyrrole nitrogens is 1. The van der Waals surface area contributed by atoms with Gasteiger partial charge in [-0.05, 0) is 43.4 Å². The Kier molecular flexibility index (Phi) is 10.5. The van der Waals surface area contributed by atoms with Crippen molar-refractivity contribution in [2.75, 3.05) is 58.8 Å². The van der Waals surface area contributed by atoms with Crippen LogP contribution in [0.15, 0.2) is 77.8 Å². The number of esters is 1. The second kappa shape index (κ2) is 14.5. The predicted octanol–water partition coefficient (Wildman–Crippen LogP) is 4.13. The van der Waals surface area contributed by atoms with Crippen LogP contribution in [0.25, 0.3) is 10.9 Å². The lowest BCUT2D eigenvalue weighted by molar-refractivity contribution is -0.134. The number of carbonyl (C=O) groups excluding carboxylic acids is 2. The summed E-state index contributed by atoms with van der Waals surface area (Å²) in [6.45, 7) is 5.17. The maximum atomic E-state index is 12.9. The highest BCUT2D eigenvalue weighted by Crippen LogP contribution is 2.32. The third-order valence-corrected chi connectivity index (χ3v) is 7.29. The first kappa shape index (κ1) is 31.9. The van der Waals surface area contributed by atoms with E-state index in [2.05, 4.69) is 21.8 Å². The van der Waals surface area contributed by atoms with Crippen LogP contribution in [0.5, 0.6) is 5.88 Å². The summed E-state index contributed by atoms with van der Waals surface area (Å²) >= 11 is 0. The van der Waals surface area contributed by atoms with Gasteiger partial charge < -0.3 is 29.7 Å². The summed E-state index contributed by atoms with van der Waals surface area (Å²) in [5.41, 5.74) is 4.34. The number of hydrogen-bond donors (Lipinski definition) is 3. The van der Waals surface area contributed by atoms with Gasteiger partial charge in [0.25, 0.3) is 5.97 Å². The molecule has 4 aromatic rings. The quantitative estimate of drug-likeness (QED) is 0.213. The van der Waals surface area contributed by atoms with E-state index in [1.54, 1.807) is 30.1 Å². The molecule has 1 aromatic heterocycles. The highest BCUT2D eigenvalue weighted by Gasteiger charge is 2.21. The van der Waals surface area contributed by atoms with Crippen molar-refractivity contribution in [3.63, 3.8) is 0 Å². The molecule has 0 atom stereocenters. The third-order valence-electron chi connectivity index (χ3n) is 7.29. The number of hydrogen-bond acceptors (Lipinski definition) is 8. The molecule has 44 heavy (non-hydrogen) atoms. The van der Waals surface area contributed by atoms with E-state index < -0.39 is 11.9 Å². The minimum absolute atomic E-state index is 0.0424. The number of carbonyl (C=O) groups is 3. The van der Waals surface area contributed by atoms with Gasteiger partial charge in [0.15, 0.2) is 5.88 Å². The van der Waals surface area contributed by atoms with Gasteiger partial charge in [-0.1, -0.05) is 36.4 Å². The summed E-state index contributed by atoms with van der Waals surface area (Å²) < 4.78 is 4.83. The van der Waals surface area contributed by atoms with Gasteiger partial charge in [-0.2, -0.15) is 0 Å². The largest absolute Gasteiger partial charge is 0.494 e. The number of likely N-dealkylation sites (N-methyl/N-ethyl adjacent to an activating group) is 2. The summed E-state index contributed by atoms with van der Waals surface area (Å²) in [6.07, 6.45) is 0. The Balaban J connectivity index is 0.00000104. The Morgan fingerprint density at radius 3 is 2.20 bits per heavy atom. The number of ether oxygens (including phenoxy) is 1. The minimum Gasteiger partial charge on any atom is -0.494 e. The zero-order valence-corrected chi connectivity index (χ0v) is 25.3. The molecule has 1 amide bonds. The molecule has 2 heterocycles. The standard InChI is InChI=1S/C31H33N5O4.C2H4O2/c1-34-15-17-36(18-16-34)20-27(37)35(2)24-12-10-23(11-13-24)32-29(21-7-5-4-6-8-21)28-25-14-9-22(31(39)40-3)19-26(25)33-30(28)38;1-2(3)4/h4-14,19,33,38H,15-18,20H2,1-3H3;1H3,(H,3,4). The van der Waals surface area contributed by atoms with E-state index >= 15 is 0 Å². The molecule has 1 aliphatic rings. The first-order valence-corrected chi connectivity index (χ1v) is 14.1. The molecule has 0 aliphatic carbocycles. The van der Waals surface area contributed by atoms with Crippen LogP contribution in [0.3, 0.4) is 0 Å². The van der Waals surface area contributed by atoms with Gasteiger partial charge in [-0.15, -0.1) is 0 Å². The van der Waals surface area contributed by atoms with Gasteiger partial charge in [0.05, 0.1) is 36.2 Å². The van der Waals surface area contributed by atoms with Crippen molar-refractivity contribution in [3.05, 3.63) is 89.5 Å². The number of amides is 1. The number of aliphatic carboxylic acids is 1. The van der Waals surface area contributed by atoms with E-state index in [1.807, 2.05) is 54.6 Å². The fourth-order valence-corrected chi connectivity index (χ4v) is 4.86. The molecule has 0 spiro atoms. The van der Waals surface area contributed by atoms with Crippen LogP contribution in [0, 0.1) is 0 Å². The molecule has 3 aromatic carbocycles. The highest BCUT2D eigenvalue weighted by molar-refractivity contribution is 6.22. The van der Waals surface area contributed by atoms with Gasteiger partial charge in [0, 0.05) is 62.3 Å². The lowest BCUT2D eigenvalue weighted by Crippen LogP contribution is -2.48. The maximum absolute atomic E-state index is 12.9. The van der Waals surface area contributed by atoms with Crippen LogP contribution in [-0.2, 0) is 14.3 Å². The van der Waals surface area contributed by atoms with Gasteiger partial charge in [-0.25, -0.2) is 9.79 Å². The van der Waals surface area contributed by atoms with Gasteiger partial charge in [0.2, 0.25) is 5.91 Å². The fourth-order valence-electron chi connectivity index (χ4n) is 4.86. The zero-order valence-electron chi connectivity index (χ0n) is 25.3. The SMILES string of the molecule is CC(=O)O.COC(=O)c1ccc2c(C(=Nc3ccc(N(C)C(=O)CN4CCN(C)CC4)cc3)c3ccccc3)c(O)[nH]c2c1. The van der Waals surface area contributed by atoms with E-state index in [0.717, 1.165) is 49.7 Å². The number of aromatic nitrogens is 1. The molecule has 11 nitrogen and oxygen atoms in total. The number of benzene rings is 3. The first-order valence-electron chi connectivity index (χ1n) is 14.1. The van der Waals surface area contributed by atoms with Crippen LogP contribution in [0.2, 0.25) is 0 Å². The van der Waals surface area contributed by atoms with Crippen molar-refractivity contribution in [3.8, 4) is 5.88 Å². The molecule has 0 saturated carbocycles. The smallest absolute Gasteiger partial charge is 0.337 e. The summed E-state index contributed by atoms with van der Waals surface area (Å²) in [4.78, 5) is 48.0. The van der Waals surface area contributed by atoms with Crippen molar-refractivity contribution in [1.29, 1.82) is 0 Å². The van der Waals surface area contributed by atoms with Crippen molar-refractivity contribution in [2.45, 2.75) is 6.92 Å². The summed E-state index contributed by atoms with van der Waals surface area (Å²) in [5.74, 6) is -1.30. The average molecular weight is 600 g/mol. The number of methoxy groups -OCH3 is 1. The Hall–Kier alpha value is -5.00. The Morgan fingerprint density at radius 2 is 1.59 bits per heavy atom.